The van der Waals surface area contributed by atoms with Gasteiger partial charge in [0.2, 0.25) is 5.91 Å². The minimum atomic E-state index is -4.69. The van der Waals surface area contributed by atoms with Crippen LogP contribution in [0.25, 0.3) is 0 Å². The summed E-state index contributed by atoms with van der Waals surface area (Å²) in [4.78, 5) is 31.0. The molecule has 7 nitrogen and oxygen atoms in total. The zero-order valence-electron chi connectivity index (χ0n) is 37.6. The number of amides is 1. The van der Waals surface area contributed by atoms with E-state index < -0.39 is 26.6 Å². The zero-order chi connectivity index (χ0) is 41.1. The van der Waals surface area contributed by atoms with Gasteiger partial charge in [-0.2, -0.15) is 0 Å². The SMILES string of the molecule is CCCCCCCCCCCCCCCCCCCCCCCCCCCCCCC(=O)N[C@@H](COP(=O)(O)O)[C@H](O)CCCCCCCCCCCCCC. The second-order valence-corrected chi connectivity index (χ2v) is 18.7. The smallest absolute Gasteiger partial charge is 0.391 e. The summed E-state index contributed by atoms with van der Waals surface area (Å²) in [6.07, 6.45) is 52.7. The van der Waals surface area contributed by atoms with E-state index in [-0.39, 0.29) is 5.91 Å². The van der Waals surface area contributed by atoms with Crippen LogP contribution in [0.5, 0.6) is 0 Å². The van der Waals surface area contributed by atoms with E-state index >= 15 is 0 Å². The Morgan fingerprint density at radius 1 is 0.446 bits per heavy atom. The zero-order valence-corrected chi connectivity index (χ0v) is 38.5. The molecule has 0 aromatic carbocycles. The maximum absolute atomic E-state index is 12.6. The first kappa shape index (κ1) is 55.5. The van der Waals surface area contributed by atoms with Crippen LogP contribution in [0.3, 0.4) is 0 Å². The quantitative estimate of drug-likeness (QED) is 0.0359. The van der Waals surface area contributed by atoms with Crippen LogP contribution >= 0.6 is 7.82 Å². The van der Waals surface area contributed by atoms with Crippen LogP contribution in [0.1, 0.15) is 284 Å². The summed E-state index contributed by atoms with van der Waals surface area (Å²) in [5.41, 5.74) is 0. The number of unbranched alkanes of at least 4 members (excludes halogenated alkanes) is 38. The number of carbonyl (C=O) groups excluding carboxylic acids is 1. The van der Waals surface area contributed by atoms with E-state index in [0.717, 1.165) is 38.5 Å². The highest BCUT2D eigenvalue weighted by atomic mass is 31.2. The fourth-order valence-corrected chi connectivity index (χ4v) is 8.41. The highest BCUT2D eigenvalue weighted by Gasteiger charge is 2.25. The normalized spacial score (nSPS) is 13.0. The highest BCUT2D eigenvalue weighted by Crippen LogP contribution is 2.36. The van der Waals surface area contributed by atoms with Gasteiger partial charge in [-0.15, -0.1) is 0 Å². The molecule has 0 bridgehead atoms. The molecule has 0 aliphatic carbocycles. The van der Waals surface area contributed by atoms with Gasteiger partial charge < -0.3 is 20.2 Å². The van der Waals surface area contributed by atoms with Gasteiger partial charge in [0.05, 0.1) is 18.8 Å². The van der Waals surface area contributed by atoms with E-state index in [1.165, 1.54) is 218 Å². The van der Waals surface area contributed by atoms with Gasteiger partial charge >= 0.3 is 7.82 Å². The van der Waals surface area contributed by atoms with E-state index in [0.29, 0.717) is 12.8 Å². The first-order chi connectivity index (χ1) is 27.3. The van der Waals surface area contributed by atoms with Crippen molar-refractivity contribution in [3.63, 3.8) is 0 Å². The second-order valence-electron chi connectivity index (χ2n) is 17.5. The topological polar surface area (TPSA) is 116 Å². The fraction of sp³-hybridized carbons (Fsp3) is 0.979. The van der Waals surface area contributed by atoms with Crippen LogP contribution in [0.15, 0.2) is 0 Å². The Balaban J connectivity index is 3.66. The van der Waals surface area contributed by atoms with Gasteiger partial charge in [-0.25, -0.2) is 4.57 Å². The predicted octanol–water partition coefficient (Wildman–Crippen LogP) is 15.4. The molecule has 2 atom stereocenters. The van der Waals surface area contributed by atoms with Gasteiger partial charge in [0.15, 0.2) is 0 Å². The molecule has 0 saturated heterocycles. The second kappa shape index (κ2) is 44.1. The Hall–Kier alpha value is -0.460. The summed E-state index contributed by atoms with van der Waals surface area (Å²) >= 11 is 0. The molecule has 0 heterocycles. The van der Waals surface area contributed by atoms with Crippen molar-refractivity contribution in [3.05, 3.63) is 0 Å². The fourth-order valence-electron chi connectivity index (χ4n) is 8.06. The molecule has 0 radical (unpaired) electrons. The van der Waals surface area contributed by atoms with Crippen molar-refractivity contribution >= 4 is 13.7 Å². The summed E-state index contributed by atoms with van der Waals surface area (Å²) in [6.45, 7) is 4.15. The van der Waals surface area contributed by atoms with Crippen molar-refractivity contribution < 1.29 is 28.8 Å². The Morgan fingerprint density at radius 2 is 0.696 bits per heavy atom. The van der Waals surface area contributed by atoms with Gasteiger partial charge in [-0.1, -0.05) is 264 Å². The maximum Gasteiger partial charge on any atom is 0.469 e. The van der Waals surface area contributed by atoms with Crippen molar-refractivity contribution in [2.45, 2.75) is 296 Å². The molecule has 56 heavy (non-hydrogen) atoms. The molecule has 0 saturated carbocycles. The standard InChI is InChI=1S/C48H98NO6P/c1-3-5-7-9-11-13-15-17-18-19-20-21-22-23-24-25-26-27-28-29-30-31-32-34-36-38-40-42-44-48(51)49-46(45-55-56(52,53)54)47(50)43-41-39-37-35-33-16-14-12-10-8-6-4-2/h46-47,50H,3-45H2,1-2H3,(H,49,51)(H2,52,53,54)/t46-,47+/m0/s1. The van der Waals surface area contributed by atoms with Gasteiger partial charge in [-0.05, 0) is 12.8 Å². The largest absolute Gasteiger partial charge is 0.469 e. The monoisotopic (exact) mass is 816 g/mol. The van der Waals surface area contributed by atoms with Crippen LogP contribution in [-0.2, 0) is 13.9 Å². The lowest BCUT2D eigenvalue weighted by atomic mass is 10.0. The van der Waals surface area contributed by atoms with E-state index in [1.807, 2.05) is 0 Å². The Bertz CT molecular complexity index is 838. The van der Waals surface area contributed by atoms with Crippen LogP contribution in [-0.4, -0.2) is 39.6 Å². The third-order valence-electron chi connectivity index (χ3n) is 11.8. The minimum absolute atomic E-state index is 0.187. The van der Waals surface area contributed by atoms with Crippen LogP contribution in [0.2, 0.25) is 0 Å². The first-order valence-electron chi connectivity index (χ1n) is 25.0. The van der Waals surface area contributed by atoms with Crippen molar-refractivity contribution in [1.82, 2.24) is 5.32 Å². The summed E-state index contributed by atoms with van der Waals surface area (Å²) < 4.78 is 16.0. The maximum atomic E-state index is 12.6. The van der Waals surface area contributed by atoms with Crippen molar-refractivity contribution in [3.8, 4) is 0 Å². The third-order valence-corrected chi connectivity index (χ3v) is 12.3. The lowest BCUT2D eigenvalue weighted by molar-refractivity contribution is -0.123. The number of hydrogen-bond donors (Lipinski definition) is 4. The molecule has 336 valence electrons. The number of phosphoric ester groups is 1. The minimum Gasteiger partial charge on any atom is -0.391 e. The molecule has 0 aliphatic rings. The van der Waals surface area contributed by atoms with E-state index in [9.17, 15) is 24.3 Å². The molecular weight excluding hydrogens is 718 g/mol. The lowest BCUT2D eigenvalue weighted by Crippen LogP contribution is -2.46. The number of hydrogen-bond acceptors (Lipinski definition) is 4. The number of carbonyl (C=O) groups is 1. The van der Waals surface area contributed by atoms with Gasteiger partial charge in [0.25, 0.3) is 0 Å². The predicted molar refractivity (Wildman–Crippen MR) is 241 cm³/mol. The number of nitrogens with one attached hydrogen (secondary N) is 1. The molecule has 0 unspecified atom stereocenters. The van der Waals surface area contributed by atoms with Crippen molar-refractivity contribution in [2.24, 2.45) is 0 Å². The average Bonchev–Trinajstić information content (AvgIpc) is 3.17. The van der Waals surface area contributed by atoms with Crippen molar-refractivity contribution in [2.75, 3.05) is 6.61 Å². The summed E-state index contributed by atoms with van der Waals surface area (Å²) in [5.74, 6) is -0.187. The lowest BCUT2D eigenvalue weighted by Gasteiger charge is -2.24. The molecular formula is C48H98NO6P. The van der Waals surface area contributed by atoms with Crippen LogP contribution in [0, 0.1) is 0 Å². The van der Waals surface area contributed by atoms with Crippen LogP contribution < -0.4 is 5.32 Å². The van der Waals surface area contributed by atoms with E-state index in [4.69, 9.17) is 0 Å². The molecule has 8 heteroatoms. The molecule has 0 rings (SSSR count). The molecule has 0 aromatic heterocycles. The van der Waals surface area contributed by atoms with E-state index in [1.54, 1.807) is 0 Å². The Labute approximate surface area is 349 Å². The Kier molecular flexibility index (Phi) is 43.7. The summed E-state index contributed by atoms with van der Waals surface area (Å²) in [7, 11) is -4.69. The Morgan fingerprint density at radius 3 is 0.964 bits per heavy atom. The number of aliphatic hydroxyl groups excluding tert-OH is 1. The van der Waals surface area contributed by atoms with Crippen molar-refractivity contribution in [1.29, 1.82) is 0 Å². The molecule has 1 amide bonds. The van der Waals surface area contributed by atoms with Gasteiger partial charge in [0, 0.05) is 6.42 Å². The van der Waals surface area contributed by atoms with Gasteiger partial charge in [0.1, 0.15) is 0 Å². The molecule has 0 fully saturated rings. The number of aliphatic hydroxyl groups is 1. The average molecular weight is 816 g/mol. The first-order valence-corrected chi connectivity index (χ1v) is 26.5. The van der Waals surface area contributed by atoms with Gasteiger partial charge in [-0.3, -0.25) is 9.32 Å². The third kappa shape index (κ3) is 44.6. The highest BCUT2D eigenvalue weighted by molar-refractivity contribution is 7.46. The van der Waals surface area contributed by atoms with Crippen LogP contribution in [0.4, 0.5) is 0 Å². The van der Waals surface area contributed by atoms with E-state index in [2.05, 4.69) is 23.7 Å². The molecule has 4 N–H and O–H groups in total. The summed E-state index contributed by atoms with van der Waals surface area (Å²) in [5, 5.41) is 13.5. The number of phosphoric acid groups is 1. The molecule has 0 aromatic rings. The molecule has 0 aliphatic heterocycles. The summed E-state index contributed by atoms with van der Waals surface area (Å²) in [6, 6.07) is -0.818. The number of rotatable bonds is 47. The molecule has 0 spiro atoms.